The Labute approximate surface area is 120 Å². The van der Waals surface area contributed by atoms with Gasteiger partial charge in [-0.2, -0.15) is 0 Å². The topological polar surface area (TPSA) is 81.4 Å². The molecule has 0 aromatic heterocycles. The summed E-state index contributed by atoms with van der Waals surface area (Å²) in [5, 5.41) is 8.65. The summed E-state index contributed by atoms with van der Waals surface area (Å²) in [7, 11) is -3.68. The summed E-state index contributed by atoms with van der Waals surface area (Å²) in [5.74, 6) is 0. The van der Waals surface area contributed by atoms with E-state index in [0.29, 0.717) is 11.6 Å². The highest BCUT2D eigenvalue weighted by Crippen LogP contribution is 2.26. The van der Waals surface area contributed by atoms with E-state index < -0.39 is 10.0 Å². The maximum absolute atomic E-state index is 11.5. The van der Waals surface area contributed by atoms with Gasteiger partial charge in [0.15, 0.2) is 0 Å². The highest BCUT2D eigenvalue weighted by atomic mass is 32.2. The summed E-state index contributed by atoms with van der Waals surface area (Å²) in [4.78, 5) is 0.182. The highest BCUT2D eigenvalue weighted by molar-refractivity contribution is 7.89. The van der Waals surface area contributed by atoms with Gasteiger partial charge in [0.1, 0.15) is 0 Å². The van der Waals surface area contributed by atoms with Crippen LogP contribution in [0.3, 0.4) is 0 Å². The number of nitrogens with two attached hydrogens (primary N) is 1. The molecule has 6 heteroatoms. The number of rotatable bonds is 4. The second-order valence-corrected chi connectivity index (χ2v) is 6.77. The lowest BCUT2D eigenvalue weighted by molar-refractivity contribution is 0.00924. The van der Waals surface area contributed by atoms with Crippen LogP contribution in [0.15, 0.2) is 23.1 Å². The third-order valence-electron chi connectivity index (χ3n) is 3.77. The van der Waals surface area contributed by atoms with Crippen molar-refractivity contribution in [1.29, 1.82) is 0 Å². The van der Waals surface area contributed by atoms with E-state index in [-0.39, 0.29) is 11.0 Å². The van der Waals surface area contributed by atoms with Gasteiger partial charge in [0, 0.05) is 18.3 Å². The molecule has 2 rings (SSSR count). The molecular formula is C14H22N2O3S. The molecule has 1 fully saturated rings. The lowest BCUT2D eigenvalue weighted by atomic mass is 10.0. The van der Waals surface area contributed by atoms with Crippen LogP contribution in [0, 0.1) is 6.92 Å². The molecule has 20 heavy (non-hydrogen) atoms. The van der Waals surface area contributed by atoms with Gasteiger partial charge in [-0.15, -0.1) is 0 Å². The molecule has 2 atom stereocenters. The zero-order valence-electron chi connectivity index (χ0n) is 11.9. The van der Waals surface area contributed by atoms with Crippen LogP contribution in [0.5, 0.6) is 0 Å². The van der Waals surface area contributed by atoms with Crippen LogP contribution >= 0.6 is 0 Å². The van der Waals surface area contributed by atoms with Gasteiger partial charge in [-0.3, -0.25) is 0 Å². The van der Waals surface area contributed by atoms with Crippen LogP contribution in [0.2, 0.25) is 0 Å². The Kier molecular flexibility index (Phi) is 4.67. The molecule has 3 N–H and O–H groups in total. The van der Waals surface area contributed by atoms with Crippen molar-refractivity contribution in [3.8, 4) is 0 Å². The van der Waals surface area contributed by atoms with Crippen LogP contribution in [0.25, 0.3) is 0 Å². The maximum atomic E-state index is 11.5. The zero-order chi connectivity index (χ0) is 14.8. The third-order valence-corrected chi connectivity index (χ3v) is 4.83. The Bertz CT molecular complexity index is 572. The predicted molar refractivity (Wildman–Crippen MR) is 79.2 cm³/mol. The number of benzene rings is 1. The molecule has 0 spiro atoms. The second-order valence-electron chi connectivity index (χ2n) is 5.24. The van der Waals surface area contributed by atoms with Crippen molar-refractivity contribution in [1.82, 2.24) is 0 Å². The standard InChI is InChI=1S/C14H22N2O3S/c1-3-12-9-11(7-8-19-12)16-13-5-4-6-14(10(13)2)20(15,17)18/h4-6,11-12,16H,3,7-9H2,1-2H3,(H2,15,17,18). The molecule has 1 heterocycles. The van der Waals surface area contributed by atoms with Crippen LogP contribution in [-0.2, 0) is 14.8 Å². The number of primary sulfonamides is 1. The van der Waals surface area contributed by atoms with E-state index in [1.807, 2.05) is 6.07 Å². The number of hydrogen-bond donors (Lipinski definition) is 2. The summed E-state index contributed by atoms with van der Waals surface area (Å²) in [6.45, 7) is 4.63. The number of hydrogen-bond acceptors (Lipinski definition) is 4. The number of anilines is 1. The summed E-state index contributed by atoms with van der Waals surface area (Å²) >= 11 is 0. The Balaban J connectivity index is 2.18. The van der Waals surface area contributed by atoms with E-state index in [1.54, 1.807) is 13.0 Å². The lowest BCUT2D eigenvalue weighted by Gasteiger charge is -2.30. The van der Waals surface area contributed by atoms with Crippen molar-refractivity contribution in [2.24, 2.45) is 5.14 Å². The molecule has 0 saturated carbocycles. The first kappa shape index (κ1) is 15.3. The molecule has 1 saturated heterocycles. The van der Waals surface area contributed by atoms with Crippen LogP contribution < -0.4 is 10.5 Å². The van der Waals surface area contributed by atoms with Gasteiger partial charge in [0.05, 0.1) is 11.0 Å². The molecule has 0 aliphatic carbocycles. The molecule has 5 nitrogen and oxygen atoms in total. The number of nitrogens with one attached hydrogen (secondary N) is 1. The average Bonchev–Trinajstić information content (AvgIpc) is 2.40. The Morgan fingerprint density at radius 1 is 1.45 bits per heavy atom. The molecule has 112 valence electrons. The quantitative estimate of drug-likeness (QED) is 0.891. The minimum Gasteiger partial charge on any atom is -0.382 e. The fraction of sp³-hybridized carbons (Fsp3) is 0.571. The van der Waals surface area contributed by atoms with Gasteiger partial charge >= 0.3 is 0 Å². The van der Waals surface area contributed by atoms with Crippen molar-refractivity contribution >= 4 is 15.7 Å². The lowest BCUT2D eigenvalue weighted by Crippen LogP contribution is -2.34. The van der Waals surface area contributed by atoms with E-state index >= 15 is 0 Å². The minimum absolute atomic E-state index is 0.182. The Morgan fingerprint density at radius 3 is 2.85 bits per heavy atom. The first-order valence-corrected chi connectivity index (χ1v) is 8.47. The van der Waals surface area contributed by atoms with Gasteiger partial charge in [-0.25, -0.2) is 13.6 Å². The van der Waals surface area contributed by atoms with Crippen molar-refractivity contribution in [3.05, 3.63) is 23.8 Å². The molecule has 1 aliphatic rings. The fourth-order valence-corrected chi connectivity index (χ4v) is 3.40. The molecule has 0 bridgehead atoms. The number of sulfonamides is 1. The van der Waals surface area contributed by atoms with Gasteiger partial charge in [0.25, 0.3) is 0 Å². The van der Waals surface area contributed by atoms with Crippen LogP contribution in [0.1, 0.15) is 31.7 Å². The molecule has 1 aromatic rings. The van der Waals surface area contributed by atoms with E-state index in [9.17, 15) is 8.42 Å². The van der Waals surface area contributed by atoms with Crippen molar-refractivity contribution in [2.75, 3.05) is 11.9 Å². The van der Waals surface area contributed by atoms with Gasteiger partial charge in [-0.1, -0.05) is 13.0 Å². The van der Waals surface area contributed by atoms with Crippen LogP contribution in [-0.4, -0.2) is 27.2 Å². The minimum atomic E-state index is -3.68. The summed E-state index contributed by atoms with van der Waals surface area (Å²) in [6, 6.07) is 5.45. The zero-order valence-corrected chi connectivity index (χ0v) is 12.7. The highest BCUT2D eigenvalue weighted by Gasteiger charge is 2.22. The van der Waals surface area contributed by atoms with E-state index in [1.165, 1.54) is 6.07 Å². The van der Waals surface area contributed by atoms with Gasteiger partial charge in [0.2, 0.25) is 10.0 Å². The summed E-state index contributed by atoms with van der Waals surface area (Å²) in [6.07, 6.45) is 3.14. The Hall–Kier alpha value is -1.11. The smallest absolute Gasteiger partial charge is 0.238 e. The van der Waals surface area contributed by atoms with Crippen molar-refractivity contribution in [2.45, 2.75) is 50.2 Å². The predicted octanol–water partition coefficient (Wildman–Crippen LogP) is 2.01. The van der Waals surface area contributed by atoms with E-state index in [2.05, 4.69) is 12.2 Å². The largest absolute Gasteiger partial charge is 0.382 e. The molecular weight excluding hydrogens is 276 g/mol. The molecule has 2 unspecified atom stereocenters. The van der Waals surface area contributed by atoms with E-state index in [0.717, 1.165) is 31.6 Å². The average molecular weight is 298 g/mol. The summed E-state index contributed by atoms with van der Waals surface area (Å²) < 4.78 is 28.7. The van der Waals surface area contributed by atoms with E-state index in [4.69, 9.17) is 9.88 Å². The van der Waals surface area contributed by atoms with Crippen LogP contribution in [0.4, 0.5) is 5.69 Å². The SMILES string of the molecule is CCC1CC(Nc2cccc(S(N)(=O)=O)c2C)CCO1. The maximum Gasteiger partial charge on any atom is 0.238 e. The molecule has 1 aromatic carbocycles. The Morgan fingerprint density at radius 2 is 2.20 bits per heavy atom. The molecule has 0 amide bonds. The van der Waals surface area contributed by atoms with Crippen molar-refractivity contribution < 1.29 is 13.2 Å². The number of ether oxygens (including phenoxy) is 1. The normalized spacial score (nSPS) is 23.6. The summed E-state index contributed by atoms with van der Waals surface area (Å²) in [5.41, 5.74) is 1.51. The first-order valence-electron chi connectivity index (χ1n) is 6.92. The third kappa shape index (κ3) is 3.50. The van der Waals surface area contributed by atoms with Gasteiger partial charge in [-0.05, 0) is 43.9 Å². The van der Waals surface area contributed by atoms with Gasteiger partial charge < -0.3 is 10.1 Å². The second kappa shape index (κ2) is 6.11. The molecule has 0 radical (unpaired) electrons. The van der Waals surface area contributed by atoms with Crippen molar-refractivity contribution in [3.63, 3.8) is 0 Å². The first-order chi connectivity index (χ1) is 9.41. The fourth-order valence-electron chi connectivity index (χ4n) is 2.59. The molecule has 1 aliphatic heterocycles. The monoisotopic (exact) mass is 298 g/mol.